The molecule has 1 heterocycles. The van der Waals surface area contributed by atoms with Crippen molar-refractivity contribution in [1.29, 1.82) is 0 Å². The van der Waals surface area contributed by atoms with E-state index in [2.05, 4.69) is 5.32 Å². The minimum atomic E-state index is -0.127. The minimum absolute atomic E-state index is 0. The van der Waals surface area contributed by atoms with Crippen molar-refractivity contribution < 1.29 is 9.59 Å². The molecule has 1 saturated heterocycles. The van der Waals surface area contributed by atoms with Gasteiger partial charge in [0.25, 0.3) is 0 Å². The summed E-state index contributed by atoms with van der Waals surface area (Å²) >= 11 is 0. The summed E-state index contributed by atoms with van der Waals surface area (Å²) in [6.07, 6.45) is 1.95. The van der Waals surface area contributed by atoms with Crippen molar-refractivity contribution in [1.82, 2.24) is 10.2 Å². The molecule has 1 unspecified atom stereocenters. The van der Waals surface area contributed by atoms with Gasteiger partial charge < -0.3 is 16.0 Å². The van der Waals surface area contributed by atoms with Crippen LogP contribution in [0.3, 0.4) is 0 Å². The predicted octanol–water partition coefficient (Wildman–Crippen LogP) is 1.58. The molecule has 0 aliphatic carbocycles. The van der Waals surface area contributed by atoms with Crippen molar-refractivity contribution in [2.24, 2.45) is 5.73 Å². The van der Waals surface area contributed by atoms with E-state index in [1.165, 1.54) is 0 Å². The van der Waals surface area contributed by atoms with Gasteiger partial charge in [-0.2, -0.15) is 0 Å². The lowest BCUT2D eigenvalue weighted by molar-refractivity contribution is -0.128. The average Bonchev–Trinajstić information content (AvgIpc) is 2.82. The van der Waals surface area contributed by atoms with E-state index in [-0.39, 0.29) is 30.3 Å². The highest BCUT2D eigenvalue weighted by atomic mass is 35.5. The summed E-state index contributed by atoms with van der Waals surface area (Å²) in [6, 6.07) is 7.86. The van der Waals surface area contributed by atoms with Crippen LogP contribution >= 0.6 is 12.4 Å². The third-order valence-corrected chi connectivity index (χ3v) is 3.53. The van der Waals surface area contributed by atoms with Gasteiger partial charge in [-0.3, -0.25) is 9.59 Å². The van der Waals surface area contributed by atoms with Crippen molar-refractivity contribution in [3.8, 4) is 0 Å². The number of carbonyl (C=O) groups excluding carboxylic acids is 2. The lowest BCUT2D eigenvalue weighted by Crippen LogP contribution is -2.29. The highest BCUT2D eigenvalue weighted by Gasteiger charge is 2.19. The summed E-state index contributed by atoms with van der Waals surface area (Å²) in [5.41, 5.74) is 7.73. The molecule has 0 spiro atoms. The smallest absolute Gasteiger partial charge is 0.222 e. The van der Waals surface area contributed by atoms with Gasteiger partial charge in [-0.25, -0.2) is 0 Å². The first kappa shape index (κ1) is 18.5. The molecule has 3 N–H and O–H groups in total. The number of halogens is 1. The Hall–Kier alpha value is -1.59. The molecule has 5 nitrogen and oxygen atoms in total. The first-order valence-corrected chi connectivity index (χ1v) is 7.42. The van der Waals surface area contributed by atoms with E-state index in [0.717, 1.165) is 24.1 Å². The molecule has 0 bridgehead atoms. The molecule has 0 radical (unpaired) electrons. The van der Waals surface area contributed by atoms with E-state index in [0.29, 0.717) is 25.9 Å². The fourth-order valence-electron chi connectivity index (χ4n) is 2.49. The van der Waals surface area contributed by atoms with Crippen LogP contribution in [-0.2, 0) is 22.7 Å². The Kier molecular flexibility index (Phi) is 7.35. The predicted molar refractivity (Wildman–Crippen MR) is 88.5 cm³/mol. The number of benzene rings is 1. The molecule has 0 saturated carbocycles. The van der Waals surface area contributed by atoms with Gasteiger partial charge in [0.15, 0.2) is 0 Å². The van der Waals surface area contributed by atoms with Crippen LogP contribution in [0, 0.1) is 0 Å². The topological polar surface area (TPSA) is 75.4 Å². The largest absolute Gasteiger partial charge is 0.352 e. The summed E-state index contributed by atoms with van der Waals surface area (Å²) in [5, 5.41) is 2.86. The molecule has 1 aromatic rings. The van der Waals surface area contributed by atoms with Crippen molar-refractivity contribution in [3.63, 3.8) is 0 Å². The average molecular weight is 326 g/mol. The van der Waals surface area contributed by atoms with Gasteiger partial charge >= 0.3 is 0 Å². The molecule has 1 aromatic carbocycles. The summed E-state index contributed by atoms with van der Waals surface area (Å²) in [4.78, 5) is 25.1. The molecular weight excluding hydrogens is 302 g/mol. The Labute approximate surface area is 137 Å². The summed E-state index contributed by atoms with van der Waals surface area (Å²) in [6.45, 7) is 3.80. The van der Waals surface area contributed by atoms with E-state index < -0.39 is 0 Å². The van der Waals surface area contributed by atoms with E-state index in [1.54, 1.807) is 0 Å². The van der Waals surface area contributed by atoms with Crippen LogP contribution in [0.15, 0.2) is 24.3 Å². The highest BCUT2D eigenvalue weighted by Crippen LogP contribution is 2.15. The van der Waals surface area contributed by atoms with Gasteiger partial charge in [0.1, 0.15) is 0 Å². The number of nitrogens with zero attached hydrogens (tertiary/aromatic N) is 1. The molecule has 22 heavy (non-hydrogen) atoms. The summed E-state index contributed by atoms with van der Waals surface area (Å²) in [7, 11) is 0. The highest BCUT2D eigenvalue weighted by molar-refractivity contribution is 5.85. The summed E-state index contributed by atoms with van der Waals surface area (Å²) in [5.74, 6) is 0.191. The number of rotatable bonds is 6. The first-order chi connectivity index (χ1) is 10.0. The van der Waals surface area contributed by atoms with Crippen LogP contribution in [0.5, 0.6) is 0 Å². The van der Waals surface area contributed by atoms with Gasteiger partial charge in [0, 0.05) is 38.5 Å². The number of hydrogen-bond donors (Lipinski definition) is 2. The van der Waals surface area contributed by atoms with Crippen LogP contribution in [0.4, 0.5) is 0 Å². The fourth-order valence-corrected chi connectivity index (χ4v) is 2.49. The van der Waals surface area contributed by atoms with Crippen molar-refractivity contribution in [3.05, 3.63) is 35.4 Å². The Morgan fingerprint density at radius 3 is 2.77 bits per heavy atom. The van der Waals surface area contributed by atoms with Crippen LogP contribution in [-0.4, -0.2) is 29.3 Å². The van der Waals surface area contributed by atoms with Crippen LogP contribution in [0.2, 0.25) is 0 Å². The fraction of sp³-hybridized carbons (Fsp3) is 0.500. The molecule has 1 aliphatic heterocycles. The number of carbonyl (C=O) groups is 2. The third-order valence-electron chi connectivity index (χ3n) is 3.53. The van der Waals surface area contributed by atoms with E-state index in [1.807, 2.05) is 36.1 Å². The standard InChI is InChI=1S/C16H23N3O2.ClH/c1-12(17)8-15(20)18-10-13-4-2-5-14(9-13)11-19-7-3-6-16(19)21;/h2,4-5,9,12H,3,6-8,10-11,17H2,1H3,(H,18,20);1H. The van der Waals surface area contributed by atoms with Gasteiger partial charge in [-0.15, -0.1) is 12.4 Å². The number of nitrogens with two attached hydrogens (primary N) is 1. The Morgan fingerprint density at radius 1 is 1.41 bits per heavy atom. The van der Waals surface area contributed by atoms with E-state index in [9.17, 15) is 9.59 Å². The summed E-state index contributed by atoms with van der Waals surface area (Å²) < 4.78 is 0. The Balaban J connectivity index is 0.00000242. The van der Waals surface area contributed by atoms with Crippen LogP contribution in [0.25, 0.3) is 0 Å². The molecular formula is C16H24ClN3O2. The lowest BCUT2D eigenvalue weighted by Gasteiger charge is -2.16. The zero-order valence-corrected chi connectivity index (χ0v) is 13.7. The third kappa shape index (κ3) is 5.66. The maximum atomic E-state index is 11.6. The molecule has 1 fully saturated rings. The van der Waals surface area contributed by atoms with Crippen LogP contribution in [0.1, 0.15) is 37.3 Å². The number of amides is 2. The van der Waals surface area contributed by atoms with E-state index >= 15 is 0 Å². The molecule has 0 aromatic heterocycles. The number of likely N-dealkylation sites (tertiary alicyclic amines) is 1. The number of hydrogen-bond acceptors (Lipinski definition) is 3. The zero-order valence-electron chi connectivity index (χ0n) is 12.9. The van der Waals surface area contributed by atoms with Gasteiger partial charge in [0.2, 0.25) is 11.8 Å². The SMILES string of the molecule is CC(N)CC(=O)NCc1cccc(CN2CCCC2=O)c1.Cl. The maximum Gasteiger partial charge on any atom is 0.222 e. The van der Waals surface area contributed by atoms with Crippen LogP contribution < -0.4 is 11.1 Å². The first-order valence-electron chi connectivity index (χ1n) is 7.42. The van der Waals surface area contributed by atoms with Crippen molar-refractivity contribution >= 4 is 24.2 Å². The quantitative estimate of drug-likeness (QED) is 0.834. The minimum Gasteiger partial charge on any atom is -0.352 e. The molecule has 122 valence electrons. The normalized spacial score (nSPS) is 15.4. The lowest BCUT2D eigenvalue weighted by atomic mass is 10.1. The monoisotopic (exact) mass is 325 g/mol. The van der Waals surface area contributed by atoms with E-state index in [4.69, 9.17) is 5.73 Å². The van der Waals surface area contributed by atoms with Gasteiger partial charge in [-0.1, -0.05) is 24.3 Å². The molecule has 1 atom stereocenters. The molecule has 6 heteroatoms. The Bertz CT molecular complexity index is 520. The maximum absolute atomic E-state index is 11.6. The number of nitrogens with one attached hydrogen (secondary N) is 1. The molecule has 2 amide bonds. The Morgan fingerprint density at radius 2 is 2.14 bits per heavy atom. The molecule has 1 aliphatic rings. The second-order valence-corrected chi connectivity index (χ2v) is 5.70. The second kappa shape index (κ2) is 8.76. The van der Waals surface area contributed by atoms with Gasteiger partial charge in [-0.05, 0) is 24.5 Å². The second-order valence-electron chi connectivity index (χ2n) is 5.70. The molecule has 2 rings (SSSR count). The van der Waals surface area contributed by atoms with Crippen molar-refractivity contribution in [2.75, 3.05) is 6.54 Å². The van der Waals surface area contributed by atoms with Gasteiger partial charge in [0.05, 0.1) is 0 Å². The van der Waals surface area contributed by atoms with Crippen molar-refractivity contribution in [2.45, 2.75) is 45.3 Å². The zero-order chi connectivity index (χ0) is 15.2.